The van der Waals surface area contributed by atoms with E-state index in [2.05, 4.69) is 9.62 Å². The monoisotopic (exact) mass is 441 g/mol. The SMILES string of the molecule is CN1CCN(C(=O)COc2ccc(S(=O)(=O)Nc3ccc(F)cc3)cc2Cl)CC1. The second-order valence-corrected chi connectivity index (χ2v) is 8.77. The molecule has 1 heterocycles. The standard InChI is InChI=1S/C19H21ClFN3O4S/c1-23-8-10-24(11-9-23)19(25)13-28-18-7-6-16(12-17(18)20)29(26,27)22-15-4-2-14(21)3-5-15/h2-7,12,22H,8-11,13H2,1H3. The van der Waals surface area contributed by atoms with Gasteiger partial charge >= 0.3 is 0 Å². The van der Waals surface area contributed by atoms with Gasteiger partial charge in [0.15, 0.2) is 6.61 Å². The first-order valence-corrected chi connectivity index (χ1v) is 10.8. The molecule has 7 nitrogen and oxygen atoms in total. The van der Waals surface area contributed by atoms with Crippen molar-refractivity contribution in [1.82, 2.24) is 9.80 Å². The van der Waals surface area contributed by atoms with Gasteiger partial charge in [0.25, 0.3) is 15.9 Å². The molecule has 1 aliphatic rings. The Morgan fingerprint density at radius 2 is 1.79 bits per heavy atom. The number of benzene rings is 2. The van der Waals surface area contributed by atoms with Crippen LogP contribution in [0.3, 0.4) is 0 Å². The van der Waals surface area contributed by atoms with Crippen LogP contribution >= 0.6 is 11.6 Å². The number of nitrogens with zero attached hydrogens (tertiary/aromatic N) is 2. The lowest BCUT2D eigenvalue weighted by atomic mass is 10.3. The smallest absolute Gasteiger partial charge is 0.261 e. The van der Waals surface area contributed by atoms with Gasteiger partial charge in [-0.15, -0.1) is 0 Å². The molecule has 0 aliphatic carbocycles. The van der Waals surface area contributed by atoms with Crippen LogP contribution in [0.5, 0.6) is 5.75 Å². The van der Waals surface area contributed by atoms with Crippen molar-refractivity contribution in [2.75, 3.05) is 44.6 Å². The largest absolute Gasteiger partial charge is 0.482 e. The molecule has 0 radical (unpaired) electrons. The summed E-state index contributed by atoms with van der Waals surface area (Å²) in [5.74, 6) is -0.401. The third-order valence-corrected chi connectivity index (χ3v) is 6.19. The third kappa shape index (κ3) is 5.59. The molecule has 0 aromatic heterocycles. The molecule has 2 aromatic rings. The van der Waals surface area contributed by atoms with Crippen LogP contribution in [0.4, 0.5) is 10.1 Å². The van der Waals surface area contributed by atoms with Gasteiger partial charge in [-0.2, -0.15) is 0 Å². The molecule has 3 rings (SSSR count). The first-order chi connectivity index (χ1) is 13.7. The van der Waals surface area contributed by atoms with E-state index >= 15 is 0 Å². The van der Waals surface area contributed by atoms with Gasteiger partial charge in [0.2, 0.25) is 0 Å². The Labute approximate surface area is 174 Å². The lowest BCUT2D eigenvalue weighted by Crippen LogP contribution is -2.48. The Balaban J connectivity index is 1.63. The highest BCUT2D eigenvalue weighted by atomic mass is 35.5. The number of hydrogen-bond donors (Lipinski definition) is 1. The number of ether oxygens (including phenoxy) is 1. The van der Waals surface area contributed by atoms with Crippen molar-refractivity contribution in [3.05, 3.63) is 53.3 Å². The van der Waals surface area contributed by atoms with E-state index in [1.54, 1.807) is 4.90 Å². The molecular weight excluding hydrogens is 421 g/mol. The van der Waals surface area contributed by atoms with Crippen molar-refractivity contribution < 1.29 is 22.3 Å². The first kappa shape index (κ1) is 21.4. The average molecular weight is 442 g/mol. The molecule has 1 amide bonds. The quantitative estimate of drug-likeness (QED) is 0.744. The van der Waals surface area contributed by atoms with Crippen molar-refractivity contribution in [3.63, 3.8) is 0 Å². The maximum atomic E-state index is 13.0. The second-order valence-electron chi connectivity index (χ2n) is 6.68. The van der Waals surface area contributed by atoms with Crippen molar-refractivity contribution >= 4 is 33.2 Å². The number of hydrogen-bond acceptors (Lipinski definition) is 5. The number of nitrogens with one attached hydrogen (secondary N) is 1. The maximum Gasteiger partial charge on any atom is 0.261 e. The zero-order chi connectivity index (χ0) is 21.0. The van der Waals surface area contributed by atoms with Gasteiger partial charge in [0.05, 0.1) is 9.92 Å². The predicted octanol–water partition coefficient (Wildman–Crippen LogP) is 2.43. The fraction of sp³-hybridized carbons (Fsp3) is 0.316. The molecule has 10 heteroatoms. The van der Waals surface area contributed by atoms with Crippen molar-refractivity contribution in [3.8, 4) is 5.75 Å². The number of piperazine rings is 1. The zero-order valence-corrected chi connectivity index (χ0v) is 17.3. The molecule has 0 bridgehead atoms. The number of amides is 1. The Kier molecular flexibility index (Phi) is 6.61. The highest BCUT2D eigenvalue weighted by Gasteiger charge is 2.20. The zero-order valence-electron chi connectivity index (χ0n) is 15.8. The summed E-state index contributed by atoms with van der Waals surface area (Å²) in [5, 5.41) is 0.0677. The molecule has 2 aromatic carbocycles. The van der Waals surface area contributed by atoms with Gasteiger partial charge in [-0.1, -0.05) is 11.6 Å². The van der Waals surface area contributed by atoms with Crippen LogP contribution in [0.2, 0.25) is 5.02 Å². The number of carbonyl (C=O) groups is 1. The average Bonchev–Trinajstić information content (AvgIpc) is 2.69. The van der Waals surface area contributed by atoms with Crippen LogP contribution in [-0.2, 0) is 14.8 Å². The molecule has 0 spiro atoms. The molecule has 29 heavy (non-hydrogen) atoms. The van der Waals surface area contributed by atoms with Crippen LogP contribution in [-0.4, -0.2) is 64.0 Å². The lowest BCUT2D eigenvalue weighted by Gasteiger charge is -2.32. The fourth-order valence-corrected chi connectivity index (χ4v) is 4.17. The normalized spacial score (nSPS) is 15.2. The van der Waals surface area contributed by atoms with E-state index in [1.165, 1.54) is 30.3 Å². The molecule has 1 fully saturated rings. The van der Waals surface area contributed by atoms with Gasteiger partial charge < -0.3 is 14.5 Å². The number of sulfonamides is 1. The van der Waals surface area contributed by atoms with Gasteiger partial charge in [-0.05, 0) is 49.5 Å². The number of carbonyl (C=O) groups excluding carboxylic acids is 1. The minimum absolute atomic E-state index is 0.0677. The molecule has 1 N–H and O–H groups in total. The lowest BCUT2D eigenvalue weighted by molar-refractivity contribution is -0.134. The van der Waals surface area contributed by atoms with Crippen LogP contribution < -0.4 is 9.46 Å². The van der Waals surface area contributed by atoms with Crippen LogP contribution in [0.25, 0.3) is 0 Å². The van der Waals surface area contributed by atoms with Gasteiger partial charge in [-0.3, -0.25) is 9.52 Å². The summed E-state index contributed by atoms with van der Waals surface area (Å²) in [7, 11) is -1.91. The highest BCUT2D eigenvalue weighted by molar-refractivity contribution is 7.92. The second kappa shape index (κ2) is 8.98. The van der Waals surface area contributed by atoms with E-state index in [9.17, 15) is 17.6 Å². The summed E-state index contributed by atoms with van der Waals surface area (Å²) >= 11 is 6.15. The van der Waals surface area contributed by atoms with E-state index in [4.69, 9.17) is 16.3 Å². The van der Waals surface area contributed by atoms with E-state index < -0.39 is 15.8 Å². The van der Waals surface area contributed by atoms with Crippen LogP contribution in [0.1, 0.15) is 0 Å². The van der Waals surface area contributed by atoms with Crippen molar-refractivity contribution in [2.24, 2.45) is 0 Å². The minimum Gasteiger partial charge on any atom is -0.482 e. The maximum absolute atomic E-state index is 13.0. The summed E-state index contributed by atoms with van der Waals surface area (Å²) in [5.41, 5.74) is 0.223. The van der Waals surface area contributed by atoms with E-state index in [0.29, 0.717) is 13.1 Å². The molecular formula is C19H21ClFN3O4S. The minimum atomic E-state index is -3.91. The van der Waals surface area contributed by atoms with Crippen LogP contribution in [0, 0.1) is 5.82 Å². The van der Waals surface area contributed by atoms with Crippen molar-refractivity contribution in [2.45, 2.75) is 4.90 Å². The summed E-state index contributed by atoms with van der Waals surface area (Å²) in [6.07, 6.45) is 0. The number of anilines is 1. The Morgan fingerprint density at radius 1 is 1.14 bits per heavy atom. The number of halogens is 2. The summed E-state index contributed by atoms with van der Waals surface area (Å²) in [4.78, 5) is 16.0. The fourth-order valence-electron chi connectivity index (χ4n) is 2.78. The van der Waals surface area contributed by atoms with E-state index in [1.807, 2.05) is 7.05 Å². The van der Waals surface area contributed by atoms with E-state index in [-0.39, 0.29) is 33.9 Å². The molecule has 156 valence electrons. The van der Waals surface area contributed by atoms with E-state index in [0.717, 1.165) is 25.2 Å². The van der Waals surface area contributed by atoms with Crippen molar-refractivity contribution in [1.29, 1.82) is 0 Å². The molecule has 0 unspecified atom stereocenters. The Hall–Kier alpha value is -2.36. The molecule has 0 atom stereocenters. The Morgan fingerprint density at radius 3 is 2.41 bits per heavy atom. The molecule has 1 saturated heterocycles. The van der Waals surface area contributed by atoms with Crippen LogP contribution in [0.15, 0.2) is 47.4 Å². The molecule has 1 aliphatic heterocycles. The summed E-state index contributed by atoms with van der Waals surface area (Å²) in [6.45, 7) is 2.71. The first-order valence-electron chi connectivity index (χ1n) is 8.92. The predicted molar refractivity (Wildman–Crippen MR) is 108 cm³/mol. The summed E-state index contributed by atoms with van der Waals surface area (Å²) < 4.78 is 45.8. The topological polar surface area (TPSA) is 79.0 Å². The third-order valence-electron chi connectivity index (χ3n) is 4.52. The van der Waals surface area contributed by atoms with Gasteiger partial charge in [0, 0.05) is 31.9 Å². The number of likely N-dealkylation sites (N-methyl/N-ethyl adjacent to an activating group) is 1. The molecule has 0 saturated carbocycles. The number of rotatable bonds is 6. The van der Waals surface area contributed by atoms with Gasteiger partial charge in [0.1, 0.15) is 11.6 Å². The van der Waals surface area contributed by atoms with Gasteiger partial charge in [-0.25, -0.2) is 12.8 Å². The highest BCUT2D eigenvalue weighted by Crippen LogP contribution is 2.28. The Bertz CT molecular complexity index is 977. The summed E-state index contributed by atoms with van der Waals surface area (Å²) in [6, 6.07) is 8.90.